The van der Waals surface area contributed by atoms with Crippen molar-refractivity contribution in [1.82, 2.24) is 0 Å². The molecule has 1 atom stereocenters. The number of carbonyl (C=O) groups is 1. The summed E-state index contributed by atoms with van der Waals surface area (Å²) < 4.78 is 5.28. The lowest BCUT2D eigenvalue weighted by molar-refractivity contribution is 0.0694. The van der Waals surface area contributed by atoms with E-state index in [9.17, 15) is 9.90 Å². The molecule has 3 nitrogen and oxygen atoms in total. The van der Waals surface area contributed by atoms with E-state index in [0.29, 0.717) is 12.2 Å². The van der Waals surface area contributed by atoms with Crippen LogP contribution >= 0.6 is 0 Å². The molecule has 20 heavy (non-hydrogen) atoms. The number of ether oxygens (including phenoxy) is 1. The van der Waals surface area contributed by atoms with E-state index in [0.717, 1.165) is 24.3 Å². The number of carboxylic acid groups (broad SMARTS) is 1. The van der Waals surface area contributed by atoms with Crippen LogP contribution in [0.1, 0.15) is 61.4 Å². The second kappa shape index (κ2) is 8.75. The van der Waals surface area contributed by atoms with Gasteiger partial charge < -0.3 is 9.84 Å². The number of methoxy groups -OCH3 is 1. The molecule has 3 heteroatoms. The number of rotatable bonds is 9. The highest BCUT2D eigenvalue weighted by atomic mass is 16.5. The van der Waals surface area contributed by atoms with Gasteiger partial charge in [0, 0.05) is 13.0 Å². The van der Waals surface area contributed by atoms with Crippen LogP contribution in [0, 0.1) is 5.92 Å². The Morgan fingerprint density at radius 2 is 1.85 bits per heavy atom. The van der Waals surface area contributed by atoms with Crippen molar-refractivity contribution in [1.29, 1.82) is 0 Å². The minimum Gasteiger partial charge on any atom is -0.478 e. The molecule has 0 amide bonds. The lowest BCUT2D eigenvalue weighted by atomic mass is 9.89. The maximum absolute atomic E-state index is 11.3. The van der Waals surface area contributed by atoms with E-state index in [1.54, 1.807) is 19.2 Å². The summed E-state index contributed by atoms with van der Waals surface area (Å²) >= 11 is 0. The van der Waals surface area contributed by atoms with Crippen LogP contribution in [0.15, 0.2) is 24.3 Å². The van der Waals surface area contributed by atoms with Crippen LogP contribution in [0.25, 0.3) is 0 Å². The van der Waals surface area contributed by atoms with Crippen molar-refractivity contribution in [2.45, 2.75) is 45.4 Å². The van der Waals surface area contributed by atoms with Crippen molar-refractivity contribution in [2.75, 3.05) is 13.7 Å². The van der Waals surface area contributed by atoms with E-state index >= 15 is 0 Å². The summed E-state index contributed by atoms with van der Waals surface area (Å²) in [6.07, 6.45) is 4.50. The predicted octanol–water partition coefficient (Wildman–Crippen LogP) is 4.33. The van der Waals surface area contributed by atoms with Crippen LogP contribution in [-0.4, -0.2) is 24.8 Å². The fourth-order valence-electron chi connectivity index (χ4n) is 2.52. The van der Waals surface area contributed by atoms with Crippen LogP contribution < -0.4 is 0 Å². The molecule has 0 fully saturated rings. The van der Waals surface area contributed by atoms with E-state index in [-0.39, 0.29) is 5.92 Å². The van der Waals surface area contributed by atoms with Gasteiger partial charge in [0.05, 0.1) is 12.2 Å². The van der Waals surface area contributed by atoms with Gasteiger partial charge in [-0.3, -0.25) is 0 Å². The molecule has 112 valence electrons. The van der Waals surface area contributed by atoms with Crippen molar-refractivity contribution < 1.29 is 14.6 Å². The van der Waals surface area contributed by atoms with Crippen molar-refractivity contribution in [2.24, 2.45) is 5.92 Å². The van der Waals surface area contributed by atoms with Gasteiger partial charge in [0.1, 0.15) is 0 Å². The monoisotopic (exact) mass is 278 g/mol. The third-order valence-corrected chi connectivity index (χ3v) is 3.58. The van der Waals surface area contributed by atoms with Gasteiger partial charge in [0.15, 0.2) is 0 Å². The maximum Gasteiger partial charge on any atom is 0.335 e. The molecule has 0 saturated heterocycles. The molecule has 0 aliphatic carbocycles. The van der Waals surface area contributed by atoms with Crippen molar-refractivity contribution >= 4 is 5.97 Å². The van der Waals surface area contributed by atoms with Gasteiger partial charge in [-0.2, -0.15) is 0 Å². The zero-order valence-corrected chi connectivity index (χ0v) is 12.8. The summed E-state index contributed by atoms with van der Waals surface area (Å²) in [5.74, 6) is 0.0329. The maximum atomic E-state index is 11.3. The standard InChI is InChI=1S/C17H26O3/c1-13(2)8-4-5-9-14(12-20-3)15-10-6-7-11-16(15)17(18)19/h6-7,10-11,13-14H,4-5,8-9,12H2,1-3H3,(H,18,19). The second-order valence-electron chi connectivity index (χ2n) is 5.72. The molecular formula is C17H26O3. The molecule has 1 aromatic carbocycles. The molecule has 1 aromatic rings. The van der Waals surface area contributed by atoms with Gasteiger partial charge >= 0.3 is 5.97 Å². The molecule has 0 bridgehead atoms. The average Bonchev–Trinajstić information content (AvgIpc) is 2.42. The Kier molecular flexibility index (Phi) is 7.31. The summed E-state index contributed by atoms with van der Waals surface area (Å²) in [6.45, 7) is 5.03. The molecule has 0 heterocycles. The Hall–Kier alpha value is -1.35. The fraction of sp³-hybridized carbons (Fsp3) is 0.588. The summed E-state index contributed by atoms with van der Waals surface area (Å²) in [7, 11) is 1.67. The smallest absolute Gasteiger partial charge is 0.335 e. The predicted molar refractivity (Wildman–Crippen MR) is 81.3 cm³/mol. The van der Waals surface area contributed by atoms with Crippen LogP contribution in [-0.2, 0) is 4.74 Å². The van der Waals surface area contributed by atoms with Crippen molar-refractivity contribution in [3.05, 3.63) is 35.4 Å². The third-order valence-electron chi connectivity index (χ3n) is 3.58. The number of hydrogen-bond donors (Lipinski definition) is 1. The minimum absolute atomic E-state index is 0.166. The van der Waals surface area contributed by atoms with Gasteiger partial charge in [0.2, 0.25) is 0 Å². The average molecular weight is 278 g/mol. The molecule has 0 radical (unpaired) electrons. The zero-order valence-electron chi connectivity index (χ0n) is 12.8. The number of hydrogen-bond acceptors (Lipinski definition) is 2. The van der Waals surface area contributed by atoms with Crippen molar-refractivity contribution in [3.8, 4) is 0 Å². The third kappa shape index (κ3) is 5.33. The molecular weight excluding hydrogens is 252 g/mol. The topological polar surface area (TPSA) is 46.5 Å². The van der Waals surface area contributed by atoms with E-state index in [1.165, 1.54) is 12.8 Å². The van der Waals surface area contributed by atoms with Crippen LogP contribution in [0.5, 0.6) is 0 Å². The molecule has 1 rings (SSSR count). The SMILES string of the molecule is COCC(CCCCC(C)C)c1ccccc1C(=O)O. The Bertz CT molecular complexity index is 412. The lowest BCUT2D eigenvalue weighted by Crippen LogP contribution is -2.12. The molecule has 1 N–H and O–H groups in total. The first-order valence-corrected chi connectivity index (χ1v) is 7.37. The first kappa shape index (κ1) is 16.7. The number of aromatic carboxylic acids is 1. The number of carboxylic acids is 1. The first-order chi connectivity index (χ1) is 9.56. The Labute approximate surface area is 122 Å². The van der Waals surface area contributed by atoms with E-state index < -0.39 is 5.97 Å². The quantitative estimate of drug-likeness (QED) is 0.684. The second-order valence-corrected chi connectivity index (χ2v) is 5.72. The molecule has 0 aliphatic rings. The van der Waals surface area contributed by atoms with E-state index in [4.69, 9.17) is 4.74 Å². The summed E-state index contributed by atoms with van der Waals surface area (Å²) in [6, 6.07) is 7.26. The summed E-state index contributed by atoms with van der Waals surface area (Å²) in [5.41, 5.74) is 1.30. The first-order valence-electron chi connectivity index (χ1n) is 7.37. The zero-order chi connectivity index (χ0) is 15.0. The summed E-state index contributed by atoms with van der Waals surface area (Å²) in [5, 5.41) is 9.29. The lowest BCUT2D eigenvalue weighted by Gasteiger charge is -2.18. The largest absolute Gasteiger partial charge is 0.478 e. The molecule has 0 saturated carbocycles. The van der Waals surface area contributed by atoms with Gasteiger partial charge in [-0.1, -0.05) is 51.3 Å². The van der Waals surface area contributed by atoms with Gasteiger partial charge in [0.25, 0.3) is 0 Å². The number of benzene rings is 1. The number of unbranched alkanes of at least 4 members (excludes halogenated alkanes) is 1. The molecule has 0 aliphatic heterocycles. The fourth-order valence-corrected chi connectivity index (χ4v) is 2.52. The Morgan fingerprint density at radius 3 is 2.45 bits per heavy atom. The van der Waals surface area contributed by atoms with Crippen LogP contribution in [0.3, 0.4) is 0 Å². The van der Waals surface area contributed by atoms with Crippen molar-refractivity contribution in [3.63, 3.8) is 0 Å². The molecule has 1 unspecified atom stereocenters. The Balaban J connectivity index is 2.72. The molecule has 0 aromatic heterocycles. The van der Waals surface area contributed by atoms with E-state index in [2.05, 4.69) is 13.8 Å². The van der Waals surface area contributed by atoms with Gasteiger partial charge in [-0.25, -0.2) is 4.79 Å². The van der Waals surface area contributed by atoms with E-state index in [1.807, 2.05) is 12.1 Å². The van der Waals surface area contributed by atoms with Crippen LogP contribution in [0.2, 0.25) is 0 Å². The molecule has 0 spiro atoms. The highest BCUT2D eigenvalue weighted by Gasteiger charge is 2.18. The minimum atomic E-state index is -0.858. The summed E-state index contributed by atoms with van der Waals surface area (Å²) in [4.78, 5) is 11.3. The highest BCUT2D eigenvalue weighted by molar-refractivity contribution is 5.89. The van der Waals surface area contributed by atoms with Gasteiger partial charge in [-0.05, 0) is 24.0 Å². The van der Waals surface area contributed by atoms with Gasteiger partial charge in [-0.15, -0.1) is 0 Å². The normalized spacial score (nSPS) is 12.6. The Morgan fingerprint density at radius 1 is 1.20 bits per heavy atom. The highest BCUT2D eigenvalue weighted by Crippen LogP contribution is 2.26. The van der Waals surface area contributed by atoms with Crippen LogP contribution in [0.4, 0.5) is 0 Å².